The van der Waals surface area contributed by atoms with Gasteiger partial charge in [-0.05, 0) is 35.0 Å². The van der Waals surface area contributed by atoms with Gasteiger partial charge in [0, 0.05) is 11.8 Å². The van der Waals surface area contributed by atoms with Crippen molar-refractivity contribution in [3.63, 3.8) is 0 Å². The van der Waals surface area contributed by atoms with Gasteiger partial charge in [-0.3, -0.25) is 0 Å². The SMILES string of the molecule is NCCC=Cc1cccnc1Br. The van der Waals surface area contributed by atoms with Crippen molar-refractivity contribution in [1.29, 1.82) is 0 Å². The van der Waals surface area contributed by atoms with Gasteiger partial charge in [-0.25, -0.2) is 4.98 Å². The molecule has 0 aromatic carbocycles. The molecule has 0 saturated carbocycles. The summed E-state index contributed by atoms with van der Waals surface area (Å²) in [6.45, 7) is 0.689. The zero-order chi connectivity index (χ0) is 8.81. The summed E-state index contributed by atoms with van der Waals surface area (Å²) >= 11 is 3.35. The van der Waals surface area contributed by atoms with Crippen molar-refractivity contribution in [2.45, 2.75) is 6.42 Å². The molecule has 2 nitrogen and oxygen atoms in total. The average Bonchev–Trinajstić information content (AvgIpc) is 2.09. The normalized spacial score (nSPS) is 10.8. The minimum atomic E-state index is 0.689. The third-order valence-electron chi connectivity index (χ3n) is 1.42. The lowest BCUT2D eigenvalue weighted by Crippen LogP contribution is -1.95. The third kappa shape index (κ3) is 2.75. The van der Waals surface area contributed by atoms with Crippen molar-refractivity contribution in [3.8, 4) is 0 Å². The number of rotatable bonds is 3. The van der Waals surface area contributed by atoms with E-state index in [4.69, 9.17) is 5.73 Å². The second-order valence-electron chi connectivity index (χ2n) is 2.36. The standard InChI is InChI=1S/C9H11BrN2/c10-9-8(4-1-2-6-11)5-3-7-12-9/h1,3-5,7H,2,6,11H2. The van der Waals surface area contributed by atoms with Crippen LogP contribution in [-0.4, -0.2) is 11.5 Å². The molecule has 0 atom stereocenters. The molecule has 0 radical (unpaired) electrons. The van der Waals surface area contributed by atoms with Gasteiger partial charge in [0.05, 0.1) is 0 Å². The van der Waals surface area contributed by atoms with Gasteiger partial charge in [-0.15, -0.1) is 0 Å². The number of nitrogens with zero attached hydrogens (tertiary/aromatic N) is 1. The Balaban J connectivity index is 2.68. The van der Waals surface area contributed by atoms with Crippen LogP contribution in [0.15, 0.2) is 29.0 Å². The van der Waals surface area contributed by atoms with Crippen molar-refractivity contribution in [1.82, 2.24) is 4.98 Å². The van der Waals surface area contributed by atoms with Gasteiger partial charge >= 0.3 is 0 Å². The molecule has 0 fully saturated rings. The predicted molar refractivity (Wildman–Crippen MR) is 54.6 cm³/mol. The number of pyridine rings is 1. The van der Waals surface area contributed by atoms with Gasteiger partial charge in [0.1, 0.15) is 4.60 Å². The molecule has 0 amide bonds. The van der Waals surface area contributed by atoms with Gasteiger partial charge in [0.15, 0.2) is 0 Å². The van der Waals surface area contributed by atoms with Crippen molar-refractivity contribution in [2.24, 2.45) is 5.73 Å². The van der Waals surface area contributed by atoms with Crippen LogP contribution in [0.4, 0.5) is 0 Å². The maximum absolute atomic E-state index is 5.35. The highest BCUT2D eigenvalue weighted by Crippen LogP contribution is 2.13. The summed E-state index contributed by atoms with van der Waals surface area (Å²) < 4.78 is 0.873. The minimum absolute atomic E-state index is 0.689. The summed E-state index contributed by atoms with van der Waals surface area (Å²) in [5.74, 6) is 0. The molecule has 0 spiro atoms. The second-order valence-corrected chi connectivity index (χ2v) is 3.11. The van der Waals surface area contributed by atoms with E-state index < -0.39 is 0 Å². The van der Waals surface area contributed by atoms with Crippen LogP contribution in [0.1, 0.15) is 12.0 Å². The summed E-state index contributed by atoms with van der Waals surface area (Å²) in [7, 11) is 0. The Bertz CT molecular complexity index is 271. The maximum Gasteiger partial charge on any atom is 0.113 e. The van der Waals surface area contributed by atoms with E-state index >= 15 is 0 Å². The minimum Gasteiger partial charge on any atom is -0.330 e. The van der Waals surface area contributed by atoms with E-state index in [9.17, 15) is 0 Å². The molecule has 1 heterocycles. The molecule has 1 aromatic rings. The molecular weight excluding hydrogens is 216 g/mol. The van der Waals surface area contributed by atoms with Crippen LogP contribution in [0.3, 0.4) is 0 Å². The average molecular weight is 227 g/mol. The van der Waals surface area contributed by atoms with Crippen molar-refractivity contribution < 1.29 is 0 Å². The molecule has 12 heavy (non-hydrogen) atoms. The number of hydrogen-bond donors (Lipinski definition) is 1. The Morgan fingerprint density at radius 2 is 2.42 bits per heavy atom. The number of halogens is 1. The highest BCUT2D eigenvalue weighted by molar-refractivity contribution is 9.10. The largest absolute Gasteiger partial charge is 0.330 e. The fourth-order valence-electron chi connectivity index (χ4n) is 0.829. The number of aromatic nitrogens is 1. The van der Waals surface area contributed by atoms with Crippen LogP contribution in [0, 0.1) is 0 Å². The van der Waals surface area contributed by atoms with Crippen LogP contribution >= 0.6 is 15.9 Å². The second kappa shape index (κ2) is 5.06. The predicted octanol–water partition coefficient (Wildman–Crippen LogP) is 2.21. The molecule has 64 valence electrons. The van der Waals surface area contributed by atoms with Gasteiger partial charge in [-0.2, -0.15) is 0 Å². The van der Waals surface area contributed by atoms with Crippen LogP contribution < -0.4 is 5.73 Å². The van der Waals surface area contributed by atoms with E-state index in [1.54, 1.807) is 6.20 Å². The Morgan fingerprint density at radius 3 is 3.08 bits per heavy atom. The Kier molecular flexibility index (Phi) is 3.97. The Hall–Kier alpha value is -0.670. The summed E-state index contributed by atoms with van der Waals surface area (Å²) in [6, 6.07) is 3.91. The number of hydrogen-bond acceptors (Lipinski definition) is 2. The Labute approximate surface area is 80.6 Å². The van der Waals surface area contributed by atoms with Gasteiger partial charge in [-0.1, -0.05) is 18.2 Å². The van der Waals surface area contributed by atoms with Crippen molar-refractivity contribution in [2.75, 3.05) is 6.54 Å². The fraction of sp³-hybridized carbons (Fsp3) is 0.222. The molecule has 0 aliphatic rings. The molecule has 0 aliphatic heterocycles. The fourth-order valence-corrected chi connectivity index (χ4v) is 1.21. The highest BCUT2D eigenvalue weighted by Gasteiger charge is 1.92. The zero-order valence-corrected chi connectivity index (χ0v) is 8.29. The lowest BCUT2D eigenvalue weighted by atomic mass is 10.2. The lowest BCUT2D eigenvalue weighted by molar-refractivity contribution is 1.01. The highest BCUT2D eigenvalue weighted by atomic mass is 79.9. The molecule has 0 saturated heterocycles. The molecule has 1 rings (SSSR count). The summed E-state index contributed by atoms with van der Waals surface area (Å²) in [4.78, 5) is 4.09. The molecular formula is C9H11BrN2. The first-order valence-electron chi connectivity index (χ1n) is 3.81. The molecule has 0 unspecified atom stereocenters. The zero-order valence-electron chi connectivity index (χ0n) is 6.70. The molecule has 0 bridgehead atoms. The van der Waals surface area contributed by atoms with Gasteiger partial charge in [0.2, 0.25) is 0 Å². The van der Waals surface area contributed by atoms with E-state index in [0.29, 0.717) is 6.54 Å². The van der Waals surface area contributed by atoms with Crippen LogP contribution in [0.25, 0.3) is 6.08 Å². The molecule has 3 heteroatoms. The molecule has 1 aromatic heterocycles. The lowest BCUT2D eigenvalue weighted by Gasteiger charge is -1.94. The van der Waals surface area contributed by atoms with E-state index in [0.717, 1.165) is 16.6 Å². The van der Waals surface area contributed by atoms with E-state index in [2.05, 4.69) is 20.9 Å². The van der Waals surface area contributed by atoms with Crippen molar-refractivity contribution in [3.05, 3.63) is 34.6 Å². The van der Waals surface area contributed by atoms with Crippen LogP contribution in [0.5, 0.6) is 0 Å². The number of nitrogens with two attached hydrogens (primary N) is 1. The summed E-state index contributed by atoms with van der Waals surface area (Å²) in [5.41, 5.74) is 6.44. The van der Waals surface area contributed by atoms with Gasteiger partial charge < -0.3 is 5.73 Å². The topological polar surface area (TPSA) is 38.9 Å². The van der Waals surface area contributed by atoms with Gasteiger partial charge in [0.25, 0.3) is 0 Å². The van der Waals surface area contributed by atoms with E-state index in [1.165, 1.54) is 0 Å². The first kappa shape index (κ1) is 9.42. The van der Waals surface area contributed by atoms with Crippen LogP contribution in [0.2, 0.25) is 0 Å². The maximum atomic E-state index is 5.35. The quantitative estimate of drug-likeness (QED) is 0.804. The van der Waals surface area contributed by atoms with Crippen molar-refractivity contribution >= 4 is 22.0 Å². The van der Waals surface area contributed by atoms with Crippen LogP contribution in [-0.2, 0) is 0 Å². The van der Waals surface area contributed by atoms with E-state index in [1.807, 2.05) is 24.3 Å². The molecule has 2 N–H and O–H groups in total. The smallest absolute Gasteiger partial charge is 0.113 e. The summed E-state index contributed by atoms with van der Waals surface area (Å²) in [5, 5.41) is 0. The van der Waals surface area contributed by atoms with E-state index in [-0.39, 0.29) is 0 Å². The summed E-state index contributed by atoms with van der Waals surface area (Å²) in [6.07, 6.45) is 6.72. The third-order valence-corrected chi connectivity index (χ3v) is 2.08. The molecule has 0 aliphatic carbocycles. The first-order valence-corrected chi connectivity index (χ1v) is 4.61. The monoisotopic (exact) mass is 226 g/mol. The first-order chi connectivity index (χ1) is 5.84. The Morgan fingerprint density at radius 1 is 1.58 bits per heavy atom.